The second kappa shape index (κ2) is 6.28. The predicted molar refractivity (Wildman–Crippen MR) is 80.0 cm³/mol. The molecule has 2 rings (SSSR count). The van der Waals surface area contributed by atoms with Crippen molar-refractivity contribution in [1.29, 1.82) is 0 Å². The maximum Gasteiger partial charge on any atom is 0.242 e. The second-order valence-electron chi connectivity index (χ2n) is 5.37. The van der Waals surface area contributed by atoms with Gasteiger partial charge in [-0.15, -0.1) is 0 Å². The van der Waals surface area contributed by atoms with E-state index in [1.807, 2.05) is 18.4 Å². The summed E-state index contributed by atoms with van der Waals surface area (Å²) in [5, 5.41) is 3.24. The van der Waals surface area contributed by atoms with Crippen molar-refractivity contribution in [3.8, 4) is 0 Å². The Morgan fingerprint density at radius 2 is 2.10 bits per heavy atom. The van der Waals surface area contributed by atoms with Gasteiger partial charge < -0.3 is 9.88 Å². The number of aryl methyl sites for hydroxylation is 1. The Morgan fingerprint density at radius 1 is 1.35 bits per heavy atom. The highest BCUT2D eigenvalue weighted by Gasteiger charge is 2.38. The van der Waals surface area contributed by atoms with Gasteiger partial charge in [-0.2, -0.15) is 0 Å². The van der Waals surface area contributed by atoms with Crippen molar-refractivity contribution < 1.29 is 8.42 Å². The number of hydrogen-bond donors (Lipinski definition) is 2. The first-order chi connectivity index (χ1) is 9.51. The van der Waals surface area contributed by atoms with Gasteiger partial charge in [-0.25, -0.2) is 13.1 Å². The molecule has 1 aliphatic rings. The molecule has 2 N–H and O–H groups in total. The first kappa shape index (κ1) is 15.5. The quantitative estimate of drug-likeness (QED) is 0.768. The van der Waals surface area contributed by atoms with Gasteiger partial charge in [0.25, 0.3) is 0 Å². The highest BCUT2D eigenvalue weighted by molar-refractivity contribution is 7.89. The highest BCUT2D eigenvalue weighted by Crippen LogP contribution is 2.34. The van der Waals surface area contributed by atoms with Crippen LogP contribution in [0.25, 0.3) is 0 Å². The lowest BCUT2D eigenvalue weighted by molar-refractivity contribution is 0.575. The maximum atomic E-state index is 12.4. The molecule has 5 nitrogen and oxygen atoms in total. The van der Waals surface area contributed by atoms with Crippen molar-refractivity contribution >= 4 is 10.0 Å². The normalized spacial score (nSPS) is 22.1. The van der Waals surface area contributed by atoms with Crippen LogP contribution in [0.5, 0.6) is 0 Å². The number of rotatable bonds is 8. The van der Waals surface area contributed by atoms with Gasteiger partial charge in [0.05, 0.1) is 4.90 Å². The maximum absolute atomic E-state index is 12.4. The second-order valence-corrected chi connectivity index (χ2v) is 7.08. The monoisotopic (exact) mass is 299 g/mol. The number of hydrogen-bond acceptors (Lipinski definition) is 3. The lowest BCUT2D eigenvalue weighted by Gasteiger charge is -2.05. The Morgan fingerprint density at radius 3 is 2.65 bits per heavy atom. The molecule has 0 bridgehead atoms. The van der Waals surface area contributed by atoms with Gasteiger partial charge >= 0.3 is 0 Å². The molecule has 0 spiro atoms. The Balaban J connectivity index is 2.12. The number of aromatic nitrogens is 1. The first-order valence-electron chi connectivity index (χ1n) is 7.43. The largest absolute Gasteiger partial charge is 0.349 e. The van der Waals surface area contributed by atoms with Crippen LogP contribution in [0.3, 0.4) is 0 Å². The lowest BCUT2D eigenvalue weighted by atomic mass is 10.3. The summed E-state index contributed by atoms with van der Waals surface area (Å²) in [6.07, 6.45) is 3.74. The van der Waals surface area contributed by atoms with Gasteiger partial charge in [0.1, 0.15) is 0 Å². The standard InChI is InChI=1S/C14H25N3O2S/c1-4-11-7-14(11)16-20(18,19)13-8-12(9-15-5-2)17(6-3)10-13/h8,10-11,14-16H,4-7,9H2,1-3H3. The van der Waals surface area contributed by atoms with Crippen molar-refractivity contribution in [2.24, 2.45) is 5.92 Å². The summed E-state index contributed by atoms with van der Waals surface area (Å²) in [5.41, 5.74) is 1.01. The molecule has 2 unspecified atom stereocenters. The number of sulfonamides is 1. The summed E-state index contributed by atoms with van der Waals surface area (Å²) in [5.74, 6) is 0.513. The Labute approximate surface area is 121 Å². The van der Waals surface area contributed by atoms with Gasteiger partial charge in [0.15, 0.2) is 0 Å². The summed E-state index contributed by atoms with van der Waals surface area (Å²) in [6.45, 7) is 8.50. The summed E-state index contributed by atoms with van der Waals surface area (Å²) in [7, 11) is -3.38. The molecule has 1 heterocycles. The Bertz CT molecular complexity index is 551. The topological polar surface area (TPSA) is 63.1 Å². The van der Waals surface area contributed by atoms with Crippen LogP contribution in [-0.2, 0) is 23.1 Å². The first-order valence-corrected chi connectivity index (χ1v) is 8.92. The zero-order valence-electron chi connectivity index (χ0n) is 12.5. The van der Waals surface area contributed by atoms with E-state index in [2.05, 4.69) is 17.0 Å². The molecule has 0 amide bonds. The molecule has 1 saturated carbocycles. The number of nitrogens with zero attached hydrogens (tertiary/aromatic N) is 1. The van der Waals surface area contributed by atoms with Crippen molar-refractivity contribution in [2.45, 2.75) is 57.6 Å². The van der Waals surface area contributed by atoms with Crippen molar-refractivity contribution in [3.05, 3.63) is 18.0 Å². The molecule has 6 heteroatoms. The van der Waals surface area contributed by atoms with Gasteiger partial charge in [0.2, 0.25) is 10.0 Å². The molecule has 1 fully saturated rings. The minimum atomic E-state index is -3.38. The van der Waals surface area contributed by atoms with E-state index in [1.54, 1.807) is 12.3 Å². The zero-order chi connectivity index (χ0) is 14.8. The van der Waals surface area contributed by atoms with Crippen LogP contribution < -0.4 is 10.0 Å². The molecule has 1 aliphatic carbocycles. The van der Waals surface area contributed by atoms with Gasteiger partial charge in [-0.05, 0) is 31.9 Å². The predicted octanol–water partition coefficient (Wildman–Crippen LogP) is 1.69. The van der Waals surface area contributed by atoms with Crippen LogP contribution in [0.1, 0.15) is 39.3 Å². The highest BCUT2D eigenvalue weighted by atomic mass is 32.2. The van der Waals surface area contributed by atoms with Crippen molar-refractivity contribution in [1.82, 2.24) is 14.6 Å². The Kier molecular flexibility index (Phi) is 4.88. The fourth-order valence-electron chi connectivity index (χ4n) is 2.48. The van der Waals surface area contributed by atoms with E-state index in [0.717, 1.165) is 31.6 Å². The van der Waals surface area contributed by atoms with Crippen LogP contribution in [0.15, 0.2) is 17.2 Å². The molecule has 0 aromatic carbocycles. The smallest absolute Gasteiger partial charge is 0.242 e. The van der Waals surface area contributed by atoms with Gasteiger partial charge in [-0.1, -0.05) is 20.3 Å². The third-order valence-electron chi connectivity index (χ3n) is 3.92. The van der Waals surface area contributed by atoms with Crippen molar-refractivity contribution in [3.63, 3.8) is 0 Å². The average Bonchev–Trinajstić information content (AvgIpc) is 3.01. The van der Waals surface area contributed by atoms with E-state index in [0.29, 0.717) is 17.4 Å². The summed E-state index contributed by atoms with van der Waals surface area (Å²) in [4.78, 5) is 0.383. The SMILES string of the molecule is CCNCc1cc(S(=O)(=O)NC2CC2CC)cn1CC. The molecule has 1 aromatic heterocycles. The molecule has 114 valence electrons. The minimum Gasteiger partial charge on any atom is -0.349 e. The fraction of sp³-hybridized carbons (Fsp3) is 0.714. The van der Waals surface area contributed by atoms with Crippen LogP contribution in [-0.4, -0.2) is 25.6 Å². The molecule has 0 radical (unpaired) electrons. The zero-order valence-corrected chi connectivity index (χ0v) is 13.3. The van der Waals surface area contributed by atoms with E-state index in [4.69, 9.17) is 0 Å². The third kappa shape index (κ3) is 3.42. The molecule has 20 heavy (non-hydrogen) atoms. The molecule has 0 saturated heterocycles. The summed E-state index contributed by atoms with van der Waals surface area (Å²) in [6, 6.07) is 1.91. The fourth-order valence-corrected chi connectivity index (χ4v) is 3.86. The van der Waals surface area contributed by atoms with Crippen LogP contribution >= 0.6 is 0 Å². The van der Waals surface area contributed by atoms with Crippen LogP contribution in [0.4, 0.5) is 0 Å². The number of nitrogens with one attached hydrogen (secondary N) is 2. The van der Waals surface area contributed by atoms with E-state index < -0.39 is 10.0 Å². The Hall–Kier alpha value is -0.850. The average molecular weight is 299 g/mol. The van der Waals surface area contributed by atoms with E-state index >= 15 is 0 Å². The van der Waals surface area contributed by atoms with Gasteiger partial charge in [0, 0.05) is 31.0 Å². The molecular weight excluding hydrogens is 274 g/mol. The van der Waals surface area contributed by atoms with Crippen LogP contribution in [0, 0.1) is 5.92 Å². The molecule has 0 aliphatic heterocycles. The minimum absolute atomic E-state index is 0.132. The van der Waals surface area contributed by atoms with E-state index in [1.165, 1.54) is 0 Å². The summed E-state index contributed by atoms with van der Waals surface area (Å²) < 4.78 is 29.5. The molecule has 2 atom stereocenters. The lowest BCUT2D eigenvalue weighted by Crippen LogP contribution is -2.26. The molecular formula is C14H25N3O2S. The van der Waals surface area contributed by atoms with E-state index in [-0.39, 0.29) is 6.04 Å². The van der Waals surface area contributed by atoms with Crippen LogP contribution in [0.2, 0.25) is 0 Å². The summed E-state index contributed by atoms with van der Waals surface area (Å²) >= 11 is 0. The molecule has 1 aromatic rings. The van der Waals surface area contributed by atoms with Gasteiger partial charge in [-0.3, -0.25) is 0 Å². The third-order valence-corrected chi connectivity index (χ3v) is 5.38. The van der Waals surface area contributed by atoms with Crippen molar-refractivity contribution in [2.75, 3.05) is 6.54 Å². The van der Waals surface area contributed by atoms with E-state index in [9.17, 15) is 8.42 Å².